The van der Waals surface area contributed by atoms with Gasteiger partial charge in [-0.2, -0.15) is 0 Å². The van der Waals surface area contributed by atoms with Gasteiger partial charge in [-0.25, -0.2) is 4.98 Å². The summed E-state index contributed by atoms with van der Waals surface area (Å²) in [5.74, 6) is -0.0511. The maximum Gasteiger partial charge on any atom is 0.301 e. The summed E-state index contributed by atoms with van der Waals surface area (Å²) >= 11 is 1.30. The van der Waals surface area contributed by atoms with Crippen LogP contribution in [-0.4, -0.2) is 48.2 Å². The predicted octanol–water partition coefficient (Wildman–Crippen LogP) is 5.97. The first-order valence-electron chi connectivity index (χ1n) is 13.5. The van der Waals surface area contributed by atoms with E-state index in [1.165, 1.54) is 16.2 Å². The van der Waals surface area contributed by atoms with Crippen molar-refractivity contribution in [2.24, 2.45) is 0 Å². The molecule has 0 saturated carbocycles. The average molecular weight is 585 g/mol. The van der Waals surface area contributed by atoms with Gasteiger partial charge < -0.3 is 24.1 Å². The van der Waals surface area contributed by atoms with Crippen molar-refractivity contribution in [1.29, 1.82) is 0 Å². The van der Waals surface area contributed by atoms with Gasteiger partial charge in [-0.3, -0.25) is 14.5 Å². The highest BCUT2D eigenvalue weighted by Crippen LogP contribution is 2.46. The lowest BCUT2D eigenvalue weighted by Gasteiger charge is -2.24. The van der Waals surface area contributed by atoms with Gasteiger partial charge in [0, 0.05) is 5.56 Å². The Morgan fingerprint density at radius 2 is 1.88 bits per heavy atom. The molecular formula is C32H28N2O7S. The second kappa shape index (κ2) is 11.2. The first kappa shape index (κ1) is 27.3. The molecule has 1 aromatic heterocycles. The Balaban J connectivity index is 1.54. The standard InChI is InChI=1S/C32H28N2O7S/c1-4-12-39-22-10-7-19(16-24(22)38-5-2)28-27(29(35)20-8-11-23-25(17-20)41-14-13-40-23)30(36)31(37)34(28)32-33-21-9-6-18(3)15-26(21)42-32/h4,6-11,15-17,28,35H,1,5,12-14H2,2-3H3/t28-/m1/s1. The van der Waals surface area contributed by atoms with Crippen LogP contribution in [0.4, 0.5) is 5.13 Å². The fourth-order valence-corrected chi connectivity index (χ4v) is 6.14. The van der Waals surface area contributed by atoms with Crippen LogP contribution in [0.15, 0.2) is 72.8 Å². The maximum absolute atomic E-state index is 13.7. The predicted molar refractivity (Wildman–Crippen MR) is 160 cm³/mol. The number of amides is 1. The first-order chi connectivity index (χ1) is 20.4. The quantitative estimate of drug-likeness (QED) is 0.117. The van der Waals surface area contributed by atoms with Gasteiger partial charge in [0.2, 0.25) is 0 Å². The number of aryl methyl sites for hydroxylation is 1. The van der Waals surface area contributed by atoms with Crippen LogP contribution in [0.25, 0.3) is 16.0 Å². The van der Waals surface area contributed by atoms with Gasteiger partial charge in [0.15, 0.2) is 28.1 Å². The van der Waals surface area contributed by atoms with Crippen LogP contribution in [-0.2, 0) is 9.59 Å². The zero-order chi connectivity index (χ0) is 29.4. The molecule has 1 amide bonds. The lowest BCUT2D eigenvalue weighted by atomic mass is 9.95. The Morgan fingerprint density at radius 1 is 1.07 bits per heavy atom. The van der Waals surface area contributed by atoms with Crippen LogP contribution in [0.2, 0.25) is 0 Å². The normalized spacial score (nSPS) is 17.5. The average Bonchev–Trinajstić information content (AvgIpc) is 3.53. The van der Waals surface area contributed by atoms with Gasteiger partial charge in [-0.1, -0.05) is 36.1 Å². The van der Waals surface area contributed by atoms with Crippen LogP contribution < -0.4 is 23.8 Å². The largest absolute Gasteiger partial charge is 0.507 e. The Hall–Kier alpha value is -4.83. The van der Waals surface area contributed by atoms with Crippen LogP contribution in [0.1, 0.15) is 29.7 Å². The van der Waals surface area contributed by atoms with Gasteiger partial charge in [0.1, 0.15) is 25.6 Å². The number of fused-ring (bicyclic) bond motifs is 2. The van der Waals surface area contributed by atoms with Gasteiger partial charge >= 0.3 is 5.91 Å². The van der Waals surface area contributed by atoms with E-state index < -0.39 is 17.7 Å². The number of thiazole rings is 1. The number of hydrogen-bond donors (Lipinski definition) is 1. The van der Waals surface area contributed by atoms with E-state index in [9.17, 15) is 14.7 Å². The van der Waals surface area contributed by atoms with Crippen LogP contribution >= 0.6 is 11.3 Å². The minimum Gasteiger partial charge on any atom is -0.507 e. The third-order valence-electron chi connectivity index (χ3n) is 6.94. The van der Waals surface area contributed by atoms with E-state index in [0.717, 1.165) is 10.3 Å². The van der Waals surface area contributed by atoms with Gasteiger partial charge in [-0.15, -0.1) is 0 Å². The van der Waals surface area contributed by atoms with Crippen molar-refractivity contribution in [3.05, 3.63) is 89.5 Å². The molecule has 1 atom stereocenters. The summed E-state index contributed by atoms with van der Waals surface area (Å²) in [6.45, 7) is 8.93. The Labute approximate surface area is 246 Å². The summed E-state index contributed by atoms with van der Waals surface area (Å²) < 4.78 is 23.8. The number of anilines is 1. The molecule has 9 nitrogen and oxygen atoms in total. The number of benzene rings is 3. The first-order valence-corrected chi connectivity index (χ1v) is 14.3. The zero-order valence-electron chi connectivity index (χ0n) is 23.1. The SMILES string of the molecule is C=CCOc1ccc([C@@H]2C(=C(O)c3ccc4c(c3)OCCO4)C(=O)C(=O)N2c2nc3ccc(C)cc3s2)cc1OCC. The number of rotatable bonds is 8. The molecule has 1 saturated heterocycles. The van der Waals surface area contributed by atoms with E-state index in [1.54, 1.807) is 42.5 Å². The molecule has 4 aromatic rings. The van der Waals surface area contributed by atoms with Crippen LogP contribution in [0, 0.1) is 6.92 Å². The fourth-order valence-electron chi connectivity index (χ4n) is 5.05. The summed E-state index contributed by atoms with van der Waals surface area (Å²) in [5, 5.41) is 12.0. The number of hydrogen-bond acceptors (Lipinski definition) is 9. The minimum atomic E-state index is -0.993. The van der Waals surface area contributed by atoms with E-state index in [-0.39, 0.29) is 17.9 Å². The number of Topliss-reactive ketones (excluding diaryl/α,β-unsaturated/α-hetero) is 1. The highest BCUT2D eigenvalue weighted by Gasteiger charge is 2.48. The highest BCUT2D eigenvalue weighted by atomic mass is 32.1. The van der Waals surface area contributed by atoms with Crippen molar-refractivity contribution in [3.63, 3.8) is 0 Å². The lowest BCUT2D eigenvalue weighted by molar-refractivity contribution is -0.132. The van der Waals surface area contributed by atoms with Crippen LogP contribution in [0.3, 0.4) is 0 Å². The summed E-state index contributed by atoms with van der Waals surface area (Å²) in [7, 11) is 0. The minimum absolute atomic E-state index is 0.0747. The van der Waals surface area contributed by atoms with E-state index in [1.807, 2.05) is 32.0 Å². The smallest absolute Gasteiger partial charge is 0.301 e. The second-order valence-corrected chi connectivity index (χ2v) is 10.7. The molecular weight excluding hydrogens is 556 g/mol. The lowest BCUT2D eigenvalue weighted by Crippen LogP contribution is -2.29. The van der Waals surface area contributed by atoms with E-state index in [0.29, 0.717) is 64.6 Å². The van der Waals surface area contributed by atoms with Gasteiger partial charge in [-0.05, 0) is 67.4 Å². The van der Waals surface area contributed by atoms with Crippen molar-refractivity contribution >= 4 is 44.1 Å². The number of aliphatic hydroxyl groups is 1. The Bertz CT molecular complexity index is 1760. The van der Waals surface area contributed by atoms with Crippen molar-refractivity contribution in [1.82, 2.24) is 4.98 Å². The van der Waals surface area contributed by atoms with Crippen molar-refractivity contribution in [2.45, 2.75) is 19.9 Å². The molecule has 3 aromatic carbocycles. The summed E-state index contributed by atoms with van der Waals surface area (Å²) in [4.78, 5) is 33.5. The molecule has 2 aliphatic rings. The third kappa shape index (κ3) is 4.83. The van der Waals surface area contributed by atoms with Crippen molar-refractivity contribution in [2.75, 3.05) is 31.3 Å². The molecule has 0 aliphatic carbocycles. The number of aliphatic hydroxyl groups excluding tert-OH is 1. The molecule has 0 unspecified atom stereocenters. The van der Waals surface area contributed by atoms with Crippen molar-refractivity contribution < 1.29 is 33.6 Å². The molecule has 214 valence electrons. The summed E-state index contributed by atoms with van der Waals surface area (Å²) in [5.41, 5.74) is 2.54. The van der Waals surface area contributed by atoms with E-state index in [2.05, 4.69) is 6.58 Å². The Kier molecular flexibility index (Phi) is 7.30. The molecule has 10 heteroatoms. The molecule has 0 spiro atoms. The monoisotopic (exact) mass is 584 g/mol. The number of ether oxygens (including phenoxy) is 4. The molecule has 1 fully saturated rings. The maximum atomic E-state index is 13.7. The van der Waals surface area contributed by atoms with Crippen molar-refractivity contribution in [3.8, 4) is 23.0 Å². The molecule has 42 heavy (non-hydrogen) atoms. The molecule has 2 aliphatic heterocycles. The van der Waals surface area contributed by atoms with Crippen LogP contribution in [0.5, 0.6) is 23.0 Å². The molecule has 0 radical (unpaired) electrons. The number of carbonyl (C=O) groups is 2. The topological polar surface area (TPSA) is 107 Å². The molecule has 0 bridgehead atoms. The molecule has 1 N–H and O–H groups in total. The number of carbonyl (C=O) groups excluding carboxylic acids is 2. The third-order valence-corrected chi connectivity index (χ3v) is 7.96. The molecule has 3 heterocycles. The van der Waals surface area contributed by atoms with Gasteiger partial charge in [0.05, 0.1) is 28.4 Å². The zero-order valence-corrected chi connectivity index (χ0v) is 23.9. The fraction of sp³-hybridized carbons (Fsp3) is 0.219. The number of aromatic nitrogens is 1. The van der Waals surface area contributed by atoms with E-state index >= 15 is 0 Å². The summed E-state index contributed by atoms with van der Waals surface area (Å²) in [6.07, 6.45) is 1.63. The number of nitrogens with zero attached hydrogens (tertiary/aromatic N) is 2. The number of ketones is 1. The molecule has 6 rings (SSSR count). The highest BCUT2D eigenvalue weighted by molar-refractivity contribution is 7.22. The van der Waals surface area contributed by atoms with E-state index in [4.69, 9.17) is 23.9 Å². The second-order valence-electron chi connectivity index (χ2n) is 9.73. The Morgan fingerprint density at radius 3 is 2.67 bits per heavy atom. The summed E-state index contributed by atoms with van der Waals surface area (Å²) in [6, 6.07) is 14.9. The van der Waals surface area contributed by atoms with Gasteiger partial charge in [0.25, 0.3) is 5.78 Å².